The molecule has 2 aliphatic rings. The van der Waals surface area contributed by atoms with Crippen molar-refractivity contribution in [2.75, 3.05) is 0 Å². The van der Waals surface area contributed by atoms with E-state index in [0.717, 1.165) is 9.94 Å². The van der Waals surface area contributed by atoms with Gasteiger partial charge in [-0.05, 0) is 131 Å². The van der Waals surface area contributed by atoms with Gasteiger partial charge in [-0.3, -0.25) is 0 Å². The third kappa shape index (κ3) is 11.7. The summed E-state index contributed by atoms with van der Waals surface area (Å²) in [7, 11) is -0.827. The van der Waals surface area contributed by atoms with Gasteiger partial charge in [0, 0.05) is 10.6 Å². The van der Waals surface area contributed by atoms with Crippen LogP contribution in [0.4, 0.5) is 0 Å². The van der Waals surface area contributed by atoms with E-state index in [1.807, 2.05) is 41.5 Å². The lowest BCUT2D eigenvalue weighted by atomic mass is 9.78. The van der Waals surface area contributed by atoms with E-state index in [0.29, 0.717) is 0 Å². The molecular weight excluding hydrogens is 746 g/mol. The summed E-state index contributed by atoms with van der Waals surface area (Å²) in [4.78, 5) is 0. The molecule has 0 N–H and O–H groups in total. The molecule has 55 heavy (non-hydrogen) atoms. The molecule has 0 atom stereocenters. The summed E-state index contributed by atoms with van der Waals surface area (Å²) in [5.41, 5.74) is 7.94. The Bertz CT molecular complexity index is 1790. The molecular formula is C47H65B2BrO5. The van der Waals surface area contributed by atoms with Gasteiger partial charge in [0.15, 0.2) is 0 Å². The second-order valence-electron chi connectivity index (χ2n) is 19.1. The highest BCUT2D eigenvalue weighted by molar-refractivity contribution is 9.10. The first-order chi connectivity index (χ1) is 25.2. The van der Waals surface area contributed by atoms with Gasteiger partial charge in [0.1, 0.15) is 0 Å². The standard InChI is InChI=1S/C22H29BO2.C16H17Br.C9H19BO3/c1-20(2,3)18-12-8-16(9-13-18)17-10-14-19(15-11-17)23-24-21(4,5)22(6,7)25-23;1-16(2,3)14-8-4-12(5-9-14)13-6-10-15(17)11-7-13;1-7(2)11-10-12-8(3,4)9(5,6)13-10/h8-15H,1-7H3;4-11H,1-3H3;7H,1-6H3. The van der Waals surface area contributed by atoms with E-state index in [1.54, 1.807) is 0 Å². The Kier molecular flexibility index (Phi) is 13.9. The number of halogens is 1. The first-order valence-corrected chi connectivity index (χ1v) is 20.4. The predicted octanol–water partition coefficient (Wildman–Crippen LogP) is 12.4. The molecule has 0 radical (unpaired) electrons. The minimum atomic E-state index is -0.523. The van der Waals surface area contributed by atoms with Crippen LogP contribution in [-0.4, -0.2) is 42.9 Å². The SMILES string of the molecule is CC(C)(C)c1ccc(-c2ccc(B3OC(C)(C)C(C)(C)O3)cc2)cc1.CC(C)(C)c1ccc(-c2ccc(Br)cc2)cc1.CC(C)OB1OC(C)(C)C(C)(C)O1. The van der Waals surface area contributed by atoms with Crippen LogP contribution in [0.25, 0.3) is 22.3 Å². The Morgan fingerprint density at radius 1 is 0.473 bits per heavy atom. The molecule has 0 aliphatic carbocycles. The molecule has 0 aromatic heterocycles. The van der Waals surface area contributed by atoms with Crippen LogP contribution in [0.2, 0.25) is 0 Å². The Balaban J connectivity index is 0.000000195. The van der Waals surface area contributed by atoms with Gasteiger partial charge in [0.05, 0.1) is 22.4 Å². The highest BCUT2D eigenvalue weighted by Gasteiger charge is 2.53. The van der Waals surface area contributed by atoms with E-state index in [9.17, 15) is 0 Å². The van der Waals surface area contributed by atoms with Gasteiger partial charge in [0.25, 0.3) is 0 Å². The molecule has 2 heterocycles. The van der Waals surface area contributed by atoms with Crippen molar-refractivity contribution in [3.8, 4) is 22.3 Å². The monoisotopic (exact) mass is 810 g/mol. The first-order valence-electron chi connectivity index (χ1n) is 19.6. The van der Waals surface area contributed by atoms with Crippen molar-refractivity contribution in [2.24, 2.45) is 0 Å². The van der Waals surface area contributed by atoms with Gasteiger partial charge in [-0.2, -0.15) is 0 Å². The van der Waals surface area contributed by atoms with Crippen molar-refractivity contribution in [3.63, 3.8) is 0 Å². The number of hydrogen-bond donors (Lipinski definition) is 0. The molecule has 0 spiro atoms. The Morgan fingerprint density at radius 3 is 1.07 bits per heavy atom. The second-order valence-corrected chi connectivity index (χ2v) is 20.0. The summed E-state index contributed by atoms with van der Waals surface area (Å²) < 4.78 is 30.1. The average Bonchev–Trinajstić information content (AvgIpc) is 3.43. The van der Waals surface area contributed by atoms with Crippen LogP contribution in [0.3, 0.4) is 0 Å². The van der Waals surface area contributed by atoms with E-state index in [2.05, 4.69) is 182 Å². The lowest BCUT2D eigenvalue weighted by Gasteiger charge is -2.32. The molecule has 5 nitrogen and oxygen atoms in total. The van der Waals surface area contributed by atoms with Crippen LogP contribution < -0.4 is 5.46 Å². The first kappa shape index (κ1) is 45.0. The molecule has 0 unspecified atom stereocenters. The number of hydrogen-bond acceptors (Lipinski definition) is 5. The minimum Gasteiger partial charge on any atom is -0.399 e. The van der Waals surface area contributed by atoms with E-state index in [-0.39, 0.29) is 46.5 Å². The third-order valence-corrected chi connectivity index (χ3v) is 11.6. The number of rotatable bonds is 5. The topological polar surface area (TPSA) is 46.2 Å². The fourth-order valence-electron chi connectivity index (χ4n) is 5.85. The van der Waals surface area contributed by atoms with Crippen molar-refractivity contribution >= 4 is 35.8 Å². The largest absolute Gasteiger partial charge is 0.640 e. The molecule has 2 aliphatic heterocycles. The molecule has 4 aromatic rings. The van der Waals surface area contributed by atoms with Crippen molar-refractivity contribution in [3.05, 3.63) is 113 Å². The highest BCUT2D eigenvalue weighted by atomic mass is 79.9. The van der Waals surface area contributed by atoms with E-state index < -0.39 is 7.32 Å². The zero-order valence-corrected chi connectivity index (χ0v) is 38.0. The summed E-state index contributed by atoms with van der Waals surface area (Å²) in [6.45, 7) is 33.7. The maximum absolute atomic E-state index is 6.13. The molecule has 6 rings (SSSR count). The summed E-state index contributed by atoms with van der Waals surface area (Å²) in [5.74, 6) is 0. The summed E-state index contributed by atoms with van der Waals surface area (Å²) >= 11 is 3.46. The van der Waals surface area contributed by atoms with Crippen LogP contribution in [0.5, 0.6) is 0 Å². The Morgan fingerprint density at radius 2 is 0.764 bits per heavy atom. The van der Waals surface area contributed by atoms with Crippen LogP contribution >= 0.6 is 15.9 Å². The summed E-state index contributed by atoms with van der Waals surface area (Å²) in [6.07, 6.45) is 0.120. The Labute approximate surface area is 342 Å². The third-order valence-electron chi connectivity index (χ3n) is 11.1. The lowest BCUT2D eigenvalue weighted by Crippen LogP contribution is -2.41. The van der Waals surface area contributed by atoms with Crippen molar-refractivity contribution in [1.82, 2.24) is 0 Å². The smallest absolute Gasteiger partial charge is 0.399 e. The molecule has 4 aromatic carbocycles. The zero-order valence-electron chi connectivity index (χ0n) is 36.4. The van der Waals surface area contributed by atoms with Crippen molar-refractivity contribution in [1.29, 1.82) is 0 Å². The van der Waals surface area contributed by atoms with E-state index in [4.69, 9.17) is 23.3 Å². The maximum Gasteiger partial charge on any atom is 0.640 e. The van der Waals surface area contributed by atoms with Crippen LogP contribution in [0.1, 0.15) is 122 Å². The van der Waals surface area contributed by atoms with Gasteiger partial charge >= 0.3 is 14.4 Å². The molecule has 2 fully saturated rings. The van der Waals surface area contributed by atoms with Gasteiger partial charge in [-0.15, -0.1) is 0 Å². The highest BCUT2D eigenvalue weighted by Crippen LogP contribution is 2.38. The van der Waals surface area contributed by atoms with Crippen molar-refractivity contribution < 1.29 is 23.3 Å². The lowest BCUT2D eigenvalue weighted by molar-refractivity contribution is 0.00578. The fourth-order valence-corrected chi connectivity index (χ4v) is 6.11. The zero-order chi connectivity index (χ0) is 41.2. The van der Waals surface area contributed by atoms with Gasteiger partial charge in [-0.25, -0.2) is 0 Å². The molecule has 8 heteroatoms. The minimum absolute atomic E-state index is 0.120. The summed E-state index contributed by atoms with van der Waals surface area (Å²) in [6, 6.07) is 34.6. The quantitative estimate of drug-likeness (QED) is 0.188. The normalized spacial score (nSPS) is 18.4. The molecule has 0 bridgehead atoms. The molecule has 0 amide bonds. The molecule has 2 saturated heterocycles. The fraction of sp³-hybridized carbons (Fsp3) is 0.489. The van der Waals surface area contributed by atoms with E-state index in [1.165, 1.54) is 33.4 Å². The van der Waals surface area contributed by atoms with Gasteiger partial charge < -0.3 is 23.3 Å². The van der Waals surface area contributed by atoms with Gasteiger partial charge in [-0.1, -0.05) is 142 Å². The van der Waals surface area contributed by atoms with Crippen LogP contribution in [-0.2, 0) is 34.1 Å². The maximum atomic E-state index is 6.13. The molecule has 296 valence electrons. The predicted molar refractivity (Wildman–Crippen MR) is 237 cm³/mol. The van der Waals surface area contributed by atoms with Crippen molar-refractivity contribution in [2.45, 2.75) is 150 Å². The van der Waals surface area contributed by atoms with E-state index >= 15 is 0 Å². The van der Waals surface area contributed by atoms with Crippen LogP contribution in [0, 0.1) is 0 Å². The second kappa shape index (κ2) is 17.0. The average molecular weight is 812 g/mol. The molecule has 0 saturated carbocycles. The number of benzene rings is 4. The summed E-state index contributed by atoms with van der Waals surface area (Å²) in [5, 5.41) is 0. The van der Waals surface area contributed by atoms with Crippen LogP contribution in [0.15, 0.2) is 102 Å². The van der Waals surface area contributed by atoms with Gasteiger partial charge in [0.2, 0.25) is 0 Å². The Hall–Kier alpha value is -2.71.